The molecular weight excluding hydrogens is 336 g/mol. The van der Waals surface area contributed by atoms with Gasteiger partial charge in [-0.3, -0.25) is 14.9 Å². The smallest absolute Gasteiger partial charge is 0.283 e. The molecule has 0 amide bonds. The van der Waals surface area contributed by atoms with Crippen molar-refractivity contribution in [2.24, 2.45) is 0 Å². The molecule has 0 N–H and O–H groups in total. The standard InChI is InChI=1S/C15H13BrN2O3/c16-12-6-4-10(8-14(12)18(20)21)9-17-13-3-1-2-11(13)5-7-15(17)19/h4-8H,1-3,9H2. The van der Waals surface area contributed by atoms with E-state index in [9.17, 15) is 14.9 Å². The van der Waals surface area contributed by atoms with Gasteiger partial charge in [-0.05, 0) is 52.4 Å². The average molecular weight is 349 g/mol. The van der Waals surface area contributed by atoms with E-state index >= 15 is 0 Å². The van der Waals surface area contributed by atoms with E-state index in [1.54, 1.807) is 22.8 Å². The van der Waals surface area contributed by atoms with Crippen LogP contribution in [0.25, 0.3) is 0 Å². The lowest BCUT2D eigenvalue weighted by atomic mass is 10.1. The van der Waals surface area contributed by atoms with Crippen molar-refractivity contribution in [1.82, 2.24) is 4.57 Å². The lowest BCUT2D eigenvalue weighted by Gasteiger charge is -2.12. The molecule has 0 atom stereocenters. The maximum atomic E-state index is 12.1. The first-order chi connectivity index (χ1) is 10.1. The summed E-state index contributed by atoms with van der Waals surface area (Å²) in [5.74, 6) is 0. The molecule has 1 aliphatic rings. The van der Waals surface area contributed by atoms with Crippen LogP contribution in [-0.4, -0.2) is 9.49 Å². The third kappa shape index (κ3) is 2.63. The molecule has 0 aliphatic heterocycles. The zero-order chi connectivity index (χ0) is 15.0. The Labute approximate surface area is 129 Å². The van der Waals surface area contributed by atoms with Crippen molar-refractivity contribution in [2.45, 2.75) is 25.8 Å². The molecule has 0 bridgehead atoms. The molecule has 0 spiro atoms. The highest BCUT2D eigenvalue weighted by molar-refractivity contribution is 9.10. The van der Waals surface area contributed by atoms with E-state index in [1.165, 1.54) is 11.6 Å². The highest BCUT2D eigenvalue weighted by Gasteiger charge is 2.17. The van der Waals surface area contributed by atoms with Crippen molar-refractivity contribution in [3.63, 3.8) is 0 Å². The Hall–Kier alpha value is -1.95. The van der Waals surface area contributed by atoms with Crippen molar-refractivity contribution < 1.29 is 4.92 Å². The molecular formula is C15H13BrN2O3. The van der Waals surface area contributed by atoms with Gasteiger partial charge in [-0.25, -0.2) is 0 Å². The molecule has 0 radical (unpaired) electrons. The summed E-state index contributed by atoms with van der Waals surface area (Å²) in [6.07, 6.45) is 2.94. The van der Waals surface area contributed by atoms with Gasteiger partial charge in [0, 0.05) is 17.8 Å². The number of nitro benzene ring substituents is 1. The van der Waals surface area contributed by atoms with Crippen LogP contribution in [0.15, 0.2) is 39.6 Å². The van der Waals surface area contributed by atoms with Crippen LogP contribution in [0.3, 0.4) is 0 Å². The van der Waals surface area contributed by atoms with E-state index < -0.39 is 4.92 Å². The van der Waals surface area contributed by atoms with E-state index in [4.69, 9.17) is 0 Å². The lowest BCUT2D eigenvalue weighted by Crippen LogP contribution is -2.23. The predicted octanol–water partition coefficient (Wildman–Crippen LogP) is 3.06. The molecule has 5 nitrogen and oxygen atoms in total. The van der Waals surface area contributed by atoms with Gasteiger partial charge in [0.1, 0.15) is 0 Å². The van der Waals surface area contributed by atoms with Gasteiger partial charge < -0.3 is 4.57 Å². The molecule has 1 aliphatic carbocycles. The number of fused-ring (bicyclic) bond motifs is 1. The van der Waals surface area contributed by atoms with Gasteiger partial charge in [-0.2, -0.15) is 0 Å². The number of benzene rings is 1. The Kier molecular flexibility index (Phi) is 3.63. The molecule has 6 heteroatoms. The first-order valence-corrected chi connectivity index (χ1v) is 7.50. The molecule has 3 rings (SSSR count). The van der Waals surface area contributed by atoms with Gasteiger partial charge in [0.15, 0.2) is 0 Å². The molecule has 1 aromatic carbocycles. The third-order valence-corrected chi connectivity index (χ3v) is 4.47. The SMILES string of the molecule is O=c1ccc2c(n1Cc1ccc(Br)c([N+](=O)[O-])c1)CCC2. The number of nitro groups is 1. The minimum atomic E-state index is -0.425. The predicted molar refractivity (Wildman–Crippen MR) is 82.6 cm³/mol. The van der Waals surface area contributed by atoms with Crippen LogP contribution >= 0.6 is 15.9 Å². The molecule has 1 aromatic heterocycles. The van der Waals surface area contributed by atoms with Crippen LogP contribution in [0.5, 0.6) is 0 Å². The van der Waals surface area contributed by atoms with E-state index in [2.05, 4.69) is 15.9 Å². The highest BCUT2D eigenvalue weighted by Crippen LogP contribution is 2.26. The topological polar surface area (TPSA) is 65.1 Å². The van der Waals surface area contributed by atoms with Gasteiger partial charge in [-0.1, -0.05) is 12.1 Å². The quantitative estimate of drug-likeness (QED) is 0.632. The number of halogens is 1. The molecule has 108 valence electrons. The summed E-state index contributed by atoms with van der Waals surface area (Å²) >= 11 is 3.17. The molecule has 1 heterocycles. The number of hydrogen-bond acceptors (Lipinski definition) is 3. The number of hydrogen-bond donors (Lipinski definition) is 0. The van der Waals surface area contributed by atoms with Crippen LogP contribution in [0.4, 0.5) is 5.69 Å². The summed E-state index contributed by atoms with van der Waals surface area (Å²) in [5.41, 5.74) is 3.00. The largest absolute Gasteiger partial charge is 0.308 e. The second kappa shape index (κ2) is 5.44. The first-order valence-electron chi connectivity index (χ1n) is 6.70. The highest BCUT2D eigenvalue weighted by atomic mass is 79.9. The molecule has 0 saturated carbocycles. The number of nitrogens with zero attached hydrogens (tertiary/aromatic N) is 2. The van der Waals surface area contributed by atoms with Crippen molar-refractivity contribution >= 4 is 21.6 Å². The van der Waals surface area contributed by atoms with Gasteiger partial charge in [0.05, 0.1) is 15.9 Å². The van der Waals surface area contributed by atoms with E-state index in [-0.39, 0.29) is 11.2 Å². The van der Waals surface area contributed by atoms with Crippen LogP contribution in [-0.2, 0) is 19.4 Å². The maximum absolute atomic E-state index is 12.1. The fourth-order valence-electron chi connectivity index (χ4n) is 2.79. The van der Waals surface area contributed by atoms with Crippen LogP contribution in [0.2, 0.25) is 0 Å². The lowest BCUT2D eigenvalue weighted by molar-refractivity contribution is -0.385. The Morgan fingerprint density at radius 1 is 1.24 bits per heavy atom. The Morgan fingerprint density at radius 2 is 2.05 bits per heavy atom. The number of rotatable bonds is 3. The molecule has 0 fully saturated rings. The van der Waals surface area contributed by atoms with E-state index in [0.29, 0.717) is 11.0 Å². The van der Waals surface area contributed by atoms with Crippen LogP contribution < -0.4 is 5.56 Å². The van der Waals surface area contributed by atoms with Crippen LogP contribution in [0.1, 0.15) is 23.2 Å². The number of aryl methyl sites for hydroxylation is 1. The van der Waals surface area contributed by atoms with Crippen LogP contribution in [0, 0.1) is 10.1 Å². The van der Waals surface area contributed by atoms with Gasteiger partial charge in [0.25, 0.3) is 11.2 Å². The first kappa shape index (κ1) is 14.0. The second-order valence-corrected chi connectivity index (χ2v) is 5.98. The van der Waals surface area contributed by atoms with E-state index in [1.807, 2.05) is 6.07 Å². The van der Waals surface area contributed by atoms with Crippen molar-refractivity contribution in [2.75, 3.05) is 0 Å². The summed E-state index contributed by atoms with van der Waals surface area (Å²) in [5, 5.41) is 11.0. The molecule has 0 saturated heterocycles. The second-order valence-electron chi connectivity index (χ2n) is 5.13. The Balaban J connectivity index is 2.02. The number of pyridine rings is 1. The Morgan fingerprint density at radius 3 is 2.81 bits per heavy atom. The van der Waals surface area contributed by atoms with Gasteiger partial charge in [0.2, 0.25) is 0 Å². The minimum Gasteiger partial charge on any atom is -0.308 e. The summed E-state index contributed by atoms with van der Waals surface area (Å²) in [7, 11) is 0. The monoisotopic (exact) mass is 348 g/mol. The average Bonchev–Trinajstić information content (AvgIpc) is 2.92. The van der Waals surface area contributed by atoms with Gasteiger partial charge in [-0.15, -0.1) is 0 Å². The van der Waals surface area contributed by atoms with Crippen molar-refractivity contribution in [3.05, 3.63) is 72.1 Å². The van der Waals surface area contributed by atoms with Crippen molar-refractivity contribution in [3.8, 4) is 0 Å². The van der Waals surface area contributed by atoms with Crippen molar-refractivity contribution in [1.29, 1.82) is 0 Å². The fraction of sp³-hybridized carbons (Fsp3) is 0.267. The summed E-state index contributed by atoms with van der Waals surface area (Å²) in [4.78, 5) is 22.7. The normalized spacial score (nSPS) is 13.2. The summed E-state index contributed by atoms with van der Waals surface area (Å²) in [6, 6.07) is 8.45. The summed E-state index contributed by atoms with van der Waals surface area (Å²) in [6.45, 7) is 0.371. The van der Waals surface area contributed by atoms with Gasteiger partial charge >= 0.3 is 0 Å². The summed E-state index contributed by atoms with van der Waals surface area (Å²) < 4.78 is 2.18. The zero-order valence-electron chi connectivity index (χ0n) is 11.2. The number of aromatic nitrogens is 1. The molecule has 0 unspecified atom stereocenters. The Bertz CT molecular complexity index is 783. The third-order valence-electron chi connectivity index (χ3n) is 3.80. The fourth-order valence-corrected chi connectivity index (χ4v) is 3.18. The molecule has 21 heavy (non-hydrogen) atoms. The van der Waals surface area contributed by atoms with E-state index in [0.717, 1.165) is 30.5 Å². The zero-order valence-corrected chi connectivity index (χ0v) is 12.8. The molecule has 2 aromatic rings. The maximum Gasteiger partial charge on any atom is 0.283 e. The minimum absolute atomic E-state index is 0.0214.